The van der Waals surface area contributed by atoms with E-state index in [1.54, 1.807) is 42.2 Å². The van der Waals surface area contributed by atoms with Crippen LogP contribution in [0.25, 0.3) is 0 Å². The number of hydrogen-bond donors (Lipinski definition) is 0. The molecule has 2 aromatic rings. The second-order valence-corrected chi connectivity index (χ2v) is 12.3. The standard InChI is InChI=1S/C28H28Br2N2O6/c1-3-37-24-7-5-4-6-23(24)31-14-16(11-25(31)33)28(36)38-17-8-9-22(15(2)10-17)32-26(34)18-12-20(29)21(30)13-19(18)27(32)35/h4-10,16,18-21H,3,11-14H2,1-2H3/t16-,18-,19+,20+,21-/m1/s1. The highest BCUT2D eigenvalue weighted by atomic mass is 79.9. The number of fused-ring (bicyclic) bond motifs is 1. The van der Waals surface area contributed by atoms with Gasteiger partial charge in [0.2, 0.25) is 17.7 Å². The Labute approximate surface area is 237 Å². The molecular formula is C28H28Br2N2O6. The summed E-state index contributed by atoms with van der Waals surface area (Å²) in [4.78, 5) is 55.2. The summed E-state index contributed by atoms with van der Waals surface area (Å²) >= 11 is 7.22. The van der Waals surface area contributed by atoms with Crippen LogP contribution in [0.2, 0.25) is 0 Å². The maximum Gasteiger partial charge on any atom is 0.316 e. The van der Waals surface area contributed by atoms with Crippen molar-refractivity contribution in [2.24, 2.45) is 17.8 Å². The van der Waals surface area contributed by atoms with E-state index in [0.29, 0.717) is 47.9 Å². The lowest BCUT2D eigenvalue weighted by molar-refractivity contribution is -0.139. The number of alkyl halides is 2. The highest BCUT2D eigenvalue weighted by Crippen LogP contribution is 2.45. The number of nitrogens with zero attached hydrogens (tertiary/aromatic N) is 2. The Hall–Kier alpha value is -2.72. The third kappa shape index (κ3) is 4.88. The Morgan fingerprint density at radius 1 is 0.974 bits per heavy atom. The highest BCUT2D eigenvalue weighted by molar-refractivity contribution is 9.12. The first-order chi connectivity index (χ1) is 18.2. The lowest BCUT2D eigenvalue weighted by Crippen LogP contribution is -2.34. The molecule has 200 valence electrons. The summed E-state index contributed by atoms with van der Waals surface area (Å²) in [5, 5.41) is 0. The SMILES string of the molecule is CCOc1ccccc1N1C[C@H](C(=O)Oc2ccc(N3C(=O)[C@H]4C[C@@H](Br)[C@@H](Br)C[C@H]4C3=O)c(C)c2)CC1=O. The van der Waals surface area contributed by atoms with Gasteiger partial charge >= 0.3 is 5.97 Å². The Balaban J connectivity index is 1.28. The molecule has 3 aliphatic rings. The molecule has 0 bridgehead atoms. The Bertz CT molecular complexity index is 1270. The lowest BCUT2D eigenvalue weighted by atomic mass is 9.81. The third-order valence-corrected chi connectivity index (χ3v) is 10.2. The number of ether oxygens (including phenoxy) is 2. The van der Waals surface area contributed by atoms with Crippen molar-refractivity contribution in [1.29, 1.82) is 0 Å². The number of para-hydroxylation sites is 2. The summed E-state index contributed by atoms with van der Waals surface area (Å²) in [7, 11) is 0. The fourth-order valence-corrected chi connectivity index (χ4v) is 6.77. The normalized spacial score (nSPS) is 27.1. The van der Waals surface area contributed by atoms with Gasteiger partial charge in [-0.2, -0.15) is 0 Å². The van der Waals surface area contributed by atoms with Gasteiger partial charge in [0.25, 0.3) is 0 Å². The molecule has 1 saturated carbocycles. The number of carbonyl (C=O) groups excluding carboxylic acids is 4. The van der Waals surface area contributed by atoms with Crippen molar-refractivity contribution in [2.75, 3.05) is 23.0 Å². The van der Waals surface area contributed by atoms with Crippen LogP contribution >= 0.6 is 31.9 Å². The van der Waals surface area contributed by atoms with E-state index in [2.05, 4.69) is 31.9 Å². The topological polar surface area (TPSA) is 93.2 Å². The monoisotopic (exact) mass is 646 g/mol. The first-order valence-electron chi connectivity index (χ1n) is 12.7. The summed E-state index contributed by atoms with van der Waals surface area (Å²) < 4.78 is 11.3. The maximum atomic E-state index is 13.2. The van der Waals surface area contributed by atoms with Gasteiger partial charge in [-0.1, -0.05) is 44.0 Å². The minimum atomic E-state index is -0.628. The van der Waals surface area contributed by atoms with E-state index >= 15 is 0 Å². The van der Waals surface area contributed by atoms with Gasteiger partial charge in [-0.15, -0.1) is 0 Å². The van der Waals surface area contributed by atoms with Crippen LogP contribution in [-0.4, -0.2) is 46.5 Å². The molecule has 10 heteroatoms. The molecule has 2 aliphatic heterocycles. The molecule has 1 aliphatic carbocycles. The number of aryl methyl sites for hydroxylation is 1. The first kappa shape index (κ1) is 26.9. The van der Waals surface area contributed by atoms with Gasteiger partial charge in [0, 0.05) is 22.6 Å². The molecule has 3 fully saturated rings. The van der Waals surface area contributed by atoms with E-state index in [1.807, 2.05) is 19.1 Å². The van der Waals surface area contributed by atoms with Crippen molar-refractivity contribution >= 4 is 66.9 Å². The zero-order valence-electron chi connectivity index (χ0n) is 21.1. The third-order valence-electron chi connectivity index (χ3n) is 7.45. The summed E-state index contributed by atoms with van der Waals surface area (Å²) in [6.07, 6.45) is 1.24. The summed E-state index contributed by atoms with van der Waals surface area (Å²) in [5.74, 6) is -1.47. The van der Waals surface area contributed by atoms with Crippen molar-refractivity contribution in [3.8, 4) is 11.5 Å². The van der Waals surface area contributed by atoms with E-state index < -0.39 is 11.9 Å². The largest absolute Gasteiger partial charge is 0.492 e. The highest BCUT2D eigenvalue weighted by Gasteiger charge is 2.52. The number of halogens is 2. The molecule has 5 atom stereocenters. The molecule has 0 radical (unpaired) electrons. The minimum absolute atomic E-state index is 0.0407. The number of anilines is 2. The van der Waals surface area contributed by atoms with Gasteiger partial charge in [0.15, 0.2) is 0 Å². The number of benzene rings is 2. The fourth-order valence-electron chi connectivity index (χ4n) is 5.53. The fraction of sp³-hybridized carbons (Fsp3) is 0.429. The van der Waals surface area contributed by atoms with Crippen molar-refractivity contribution in [3.05, 3.63) is 48.0 Å². The van der Waals surface area contributed by atoms with Crippen LogP contribution in [0.15, 0.2) is 42.5 Å². The Kier molecular flexibility index (Phi) is 7.64. The van der Waals surface area contributed by atoms with Crippen LogP contribution in [0.3, 0.4) is 0 Å². The van der Waals surface area contributed by atoms with Crippen LogP contribution in [0.5, 0.6) is 11.5 Å². The molecule has 2 saturated heterocycles. The average molecular weight is 648 g/mol. The molecule has 0 spiro atoms. The predicted octanol–water partition coefficient (Wildman–Crippen LogP) is 4.78. The van der Waals surface area contributed by atoms with Gasteiger partial charge in [0.05, 0.1) is 35.7 Å². The van der Waals surface area contributed by atoms with Crippen molar-refractivity contribution < 1.29 is 28.7 Å². The molecule has 8 nitrogen and oxygen atoms in total. The molecule has 0 N–H and O–H groups in total. The smallest absolute Gasteiger partial charge is 0.316 e. The second kappa shape index (κ2) is 10.8. The van der Waals surface area contributed by atoms with Crippen molar-refractivity contribution in [3.63, 3.8) is 0 Å². The summed E-state index contributed by atoms with van der Waals surface area (Å²) in [6, 6.07) is 12.1. The van der Waals surface area contributed by atoms with Crippen LogP contribution < -0.4 is 19.3 Å². The molecule has 2 heterocycles. The van der Waals surface area contributed by atoms with Gasteiger partial charge in [-0.3, -0.25) is 19.2 Å². The van der Waals surface area contributed by atoms with Gasteiger partial charge in [-0.25, -0.2) is 4.90 Å². The van der Waals surface area contributed by atoms with Crippen LogP contribution in [-0.2, 0) is 19.2 Å². The predicted molar refractivity (Wildman–Crippen MR) is 149 cm³/mol. The number of esters is 1. The quantitative estimate of drug-likeness (QED) is 0.194. The van der Waals surface area contributed by atoms with Gasteiger partial charge in [0.1, 0.15) is 11.5 Å². The molecule has 38 heavy (non-hydrogen) atoms. The summed E-state index contributed by atoms with van der Waals surface area (Å²) in [6.45, 7) is 4.31. The Morgan fingerprint density at radius 2 is 1.63 bits per heavy atom. The average Bonchev–Trinajstić information content (AvgIpc) is 3.38. The van der Waals surface area contributed by atoms with E-state index in [4.69, 9.17) is 9.47 Å². The van der Waals surface area contributed by atoms with E-state index in [-0.39, 0.29) is 52.2 Å². The number of rotatable bonds is 6. The molecule has 5 rings (SSSR count). The van der Waals surface area contributed by atoms with E-state index in [0.717, 1.165) is 0 Å². The van der Waals surface area contributed by atoms with Crippen LogP contribution in [0.1, 0.15) is 31.7 Å². The molecule has 0 unspecified atom stereocenters. The zero-order valence-corrected chi connectivity index (χ0v) is 24.2. The van der Waals surface area contributed by atoms with Crippen molar-refractivity contribution in [2.45, 2.75) is 42.8 Å². The van der Waals surface area contributed by atoms with Crippen LogP contribution in [0.4, 0.5) is 11.4 Å². The first-order valence-corrected chi connectivity index (χ1v) is 14.5. The molecule has 3 amide bonds. The molecule has 0 aromatic heterocycles. The number of carbonyl (C=O) groups is 4. The van der Waals surface area contributed by atoms with Gasteiger partial charge in [-0.05, 0) is 62.6 Å². The number of hydrogen-bond acceptors (Lipinski definition) is 6. The summed E-state index contributed by atoms with van der Waals surface area (Å²) in [5.41, 5.74) is 1.78. The second-order valence-electron chi connectivity index (χ2n) is 9.90. The van der Waals surface area contributed by atoms with Crippen molar-refractivity contribution in [1.82, 2.24) is 0 Å². The van der Waals surface area contributed by atoms with E-state index in [1.165, 1.54) is 4.90 Å². The molecular weight excluding hydrogens is 620 g/mol. The maximum absolute atomic E-state index is 13.2. The Morgan fingerprint density at radius 3 is 2.26 bits per heavy atom. The number of imide groups is 1. The minimum Gasteiger partial charge on any atom is -0.492 e. The lowest BCUT2D eigenvalue weighted by Gasteiger charge is -2.29. The van der Waals surface area contributed by atoms with Crippen LogP contribution in [0, 0.1) is 24.7 Å². The zero-order chi connectivity index (χ0) is 27.1. The van der Waals surface area contributed by atoms with Gasteiger partial charge < -0.3 is 14.4 Å². The number of amides is 3. The van der Waals surface area contributed by atoms with E-state index in [9.17, 15) is 19.2 Å². The molecule has 2 aromatic carbocycles.